The summed E-state index contributed by atoms with van der Waals surface area (Å²) in [5.41, 5.74) is 0. The van der Waals surface area contributed by atoms with Crippen molar-refractivity contribution in [3.63, 3.8) is 0 Å². The molecule has 0 aromatic rings. The third-order valence-corrected chi connectivity index (χ3v) is 5.13. The molecule has 1 atom stereocenters. The Bertz CT molecular complexity index is 337. The molecule has 0 aromatic carbocycles. The molecule has 3 saturated heterocycles. The lowest BCUT2D eigenvalue weighted by molar-refractivity contribution is 0.0158. The molecule has 0 spiro atoms. The van der Waals surface area contributed by atoms with Crippen molar-refractivity contribution in [3.8, 4) is 0 Å². The monoisotopic (exact) mass is 261 g/mol. The average molecular weight is 261 g/mol. The normalized spacial score (nSPS) is 32.9. The first-order chi connectivity index (χ1) is 8.11. The average Bonchev–Trinajstić information content (AvgIpc) is 2.36. The Morgan fingerprint density at radius 3 is 2.47 bits per heavy atom. The molecule has 1 N–H and O–H groups in total. The zero-order valence-electron chi connectivity index (χ0n) is 10.6. The predicted octanol–water partition coefficient (Wildman–Crippen LogP) is -0.294. The summed E-state index contributed by atoms with van der Waals surface area (Å²) in [5.74, 6) is 0.264. The molecular weight excluding hydrogens is 238 g/mol. The fourth-order valence-electron chi connectivity index (χ4n) is 2.55. The summed E-state index contributed by atoms with van der Waals surface area (Å²) < 4.78 is 26.1. The van der Waals surface area contributed by atoms with Gasteiger partial charge in [0.1, 0.15) is 0 Å². The first-order valence-electron chi connectivity index (χ1n) is 6.54. The van der Waals surface area contributed by atoms with Crippen molar-refractivity contribution in [3.05, 3.63) is 0 Å². The number of rotatable bonds is 6. The number of sulfonamides is 1. The van der Waals surface area contributed by atoms with Crippen molar-refractivity contribution in [2.24, 2.45) is 0 Å². The zero-order chi connectivity index (χ0) is 12.3. The van der Waals surface area contributed by atoms with Crippen molar-refractivity contribution in [1.82, 2.24) is 14.5 Å². The molecule has 3 fully saturated rings. The molecule has 1 unspecified atom stereocenters. The molecule has 0 radical (unpaired) electrons. The van der Waals surface area contributed by atoms with Crippen molar-refractivity contribution < 1.29 is 8.42 Å². The minimum atomic E-state index is -3.06. The van der Waals surface area contributed by atoms with Crippen LogP contribution < -0.4 is 4.72 Å². The molecule has 2 bridgehead atoms. The second-order valence-electron chi connectivity index (χ2n) is 5.01. The summed E-state index contributed by atoms with van der Waals surface area (Å²) in [5, 5.41) is 0. The van der Waals surface area contributed by atoms with E-state index in [0.29, 0.717) is 12.6 Å². The lowest BCUT2D eigenvalue weighted by Gasteiger charge is -2.47. The maximum absolute atomic E-state index is 11.7. The third-order valence-electron chi connectivity index (χ3n) is 3.70. The molecule has 0 aliphatic carbocycles. The summed E-state index contributed by atoms with van der Waals surface area (Å²) in [7, 11) is -3.06. The second-order valence-corrected chi connectivity index (χ2v) is 6.94. The van der Waals surface area contributed by atoms with Crippen molar-refractivity contribution in [2.75, 3.05) is 45.0 Å². The highest BCUT2D eigenvalue weighted by Crippen LogP contribution is 2.14. The fraction of sp³-hybridized carbons (Fsp3) is 1.00. The van der Waals surface area contributed by atoms with Crippen LogP contribution in [0, 0.1) is 0 Å². The van der Waals surface area contributed by atoms with Gasteiger partial charge in [-0.05, 0) is 6.42 Å². The smallest absolute Gasteiger partial charge is 0.211 e. The van der Waals surface area contributed by atoms with Gasteiger partial charge in [-0.25, -0.2) is 13.1 Å². The molecule has 5 nitrogen and oxygen atoms in total. The molecule has 3 aliphatic rings. The van der Waals surface area contributed by atoms with Crippen LogP contribution in [0.2, 0.25) is 0 Å². The summed E-state index contributed by atoms with van der Waals surface area (Å²) in [4.78, 5) is 4.83. The summed E-state index contributed by atoms with van der Waals surface area (Å²) in [6.45, 7) is 8.04. The van der Waals surface area contributed by atoms with Crippen LogP contribution in [0.4, 0.5) is 0 Å². The molecule has 0 aromatic heterocycles. The van der Waals surface area contributed by atoms with Crippen LogP contribution in [-0.2, 0) is 10.0 Å². The van der Waals surface area contributed by atoms with Gasteiger partial charge < -0.3 is 0 Å². The van der Waals surface area contributed by atoms with Gasteiger partial charge in [-0.15, -0.1) is 0 Å². The quantitative estimate of drug-likeness (QED) is 0.714. The molecule has 3 heterocycles. The maximum Gasteiger partial charge on any atom is 0.211 e. The number of nitrogens with one attached hydrogen (secondary N) is 1. The number of unbranched alkanes of at least 4 members (excludes halogenated alkanes) is 1. The first-order valence-corrected chi connectivity index (χ1v) is 8.19. The SMILES string of the molecule is CCCCS(=O)(=O)NCC1CN2CCN1CC2. The van der Waals surface area contributed by atoms with Crippen LogP contribution in [0.3, 0.4) is 0 Å². The topological polar surface area (TPSA) is 52.7 Å². The van der Waals surface area contributed by atoms with Crippen molar-refractivity contribution in [2.45, 2.75) is 25.8 Å². The van der Waals surface area contributed by atoms with Crippen LogP contribution in [0.5, 0.6) is 0 Å². The van der Waals surface area contributed by atoms with E-state index in [2.05, 4.69) is 14.5 Å². The van der Waals surface area contributed by atoms with E-state index in [1.807, 2.05) is 6.92 Å². The van der Waals surface area contributed by atoms with Crippen LogP contribution in [0.1, 0.15) is 19.8 Å². The number of fused-ring (bicyclic) bond motifs is 3. The highest BCUT2D eigenvalue weighted by Gasteiger charge is 2.32. The second kappa shape index (κ2) is 5.65. The van der Waals surface area contributed by atoms with Gasteiger partial charge in [-0.3, -0.25) is 9.80 Å². The van der Waals surface area contributed by atoms with Gasteiger partial charge in [0.2, 0.25) is 10.0 Å². The van der Waals surface area contributed by atoms with Crippen LogP contribution in [0.25, 0.3) is 0 Å². The first kappa shape index (κ1) is 13.3. The lowest BCUT2D eigenvalue weighted by Crippen LogP contribution is -2.63. The van der Waals surface area contributed by atoms with Crippen LogP contribution in [-0.4, -0.2) is 69.3 Å². The number of hydrogen-bond donors (Lipinski definition) is 1. The minimum absolute atomic E-state index is 0.264. The Balaban J connectivity index is 1.78. The van der Waals surface area contributed by atoms with Gasteiger partial charge >= 0.3 is 0 Å². The van der Waals surface area contributed by atoms with Gasteiger partial charge in [-0.2, -0.15) is 0 Å². The molecule has 17 heavy (non-hydrogen) atoms. The highest BCUT2D eigenvalue weighted by atomic mass is 32.2. The zero-order valence-corrected chi connectivity index (χ0v) is 11.4. The minimum Gasteiger partial charge on any atom is -0.299 e. The number of hydrogen-bond acceptors (Lipinski definition) is 4. The Labute approximate surface area is 104 Å². The van der Waals surface area contributed by atoms with Gasteiger partial charge in [-0.1, -0.05) is 13.3 Å². The molecule has 6 heteroatoms. The van der Waals surface area contributed by atoms with E-state index >= 15 is 0 Å². The van der Waals surface area contributed by atoms with Gasteiger partial charge in [0.15, 0.2) is 0 Å². The third kappa shape index (κ3) is 3.64. The van der Waals surface area contributed by atoms with Crippen LogP contribution >= 0.6 is 0 Å². The van der Waals surface area contributed by atoms with E-state index in [4.69, 9.17) is 0 Å². The van der Waals surface area contributed by atoms with E-state index in [9.17, 15) is 8.42 Å². The van der Waals surface area contributed by atoms with Crippen LogP contribution in [0.15, 0.2) is 0 Å². The molecule has 3 aliphatic heterocycles. The summed E-state index contributed by atoms with van der Waals surface area (Å²) in [6, 6.07) is 0.369. The predicted molar refractivity (Wildman–Crippen MR) is 68.5 cm³/mol. The number of piperazine rings is 3. The van der Waals surface area contributed by atoms with Gasteiger partial charge in [0.05, 0.1) is 5.75 Å². The van der Waals surface area contributed by atoms with E-state index in [1.54, 1.807) is 0 Å². The fourth-order valence-corrected chi connectivity index (χ4v) is 3.81. The molecule has 3 rings (SSSR count). The largest absolute Gasteiger partial charge is 0.299 e. The Kier molecular flexibility index (Phi) is 4.41. The van der Waals surface area contributed by atoms with E-state index in [-0.39, 0.29) is 5.75 Å². The Morgan fingerprint density at radius 2 is 1.94 bits per heavy atom. The Hall–Kier alpha value is -0.170. The summed E-state index contributed by atoms with van der Waals surface area (Å²) >= 11 is 0. The van der Waals surface area contributed by atoms with E-state index < -0.39 is 10.0 Å². The van der Waals surface area contributed by atoms with Gasteiger partial charge in [0.25, 0.3) is 0 Å². The molecule has 0 saturated carbocycles. The maximum atomic E-state index is 11.7. The molecule has 0 amide bonds. The van der Waals surface area contributed by atoms with Gasteiger partial charge in [0, 0.05) is 45.3 Å². The molecule has 100 valence electrons. The standard InChI is InChI=1S/C11H23N3O2S/c1-2-3-8-17(15,16)12-9-11-10-13-4-6-14(11)7-5-13/h11-12H,2-10H2,1H3. The van der Waals surface area contributed by atoms with E-state index in [0.717, 1.165) is 45.6 Å². The molecular formula is C11H23N3O2S. The highest BCUT2D eigenvalue weighted by molar-refractivity contribution is 7.89. The number of nitrogens with zero attached hydrogens (tertiary/aromatic N) is 2. The Morgan fingerprint density at radius 1 is 1.24 bits per heavy atom. The lowest BCUT2D eigenvalue weighted by atomic mass is 10.1. The van der Waals surface area contributed by atoms with Crippen molar-refractivity contribution in [1.29, 1.82) is 0 Å². The van der Waals surface area contributed by atoms with Crippen molar-refractivity contribution >= 4 is 10.0 Å². The van der Waals surface area contributed by atoms with E-state index in [1.165, 1.54) is 0 Å². The summed E-state index contributed by atoms with van der Waals surface area (Å²) in [6.07, 6.45) is 1.67.